The van der Waals surface area contributed by atoms with Crippen LogP contribution < -0.4 is 5.32 Å². The molecule has 0 radical (unpaired) electrons. The van der Waals surface area contributed by atoms with Crippen LogP contribution in [0, 0.1) is 0 Å². The molecule has 2 nitrogen and oxygen atoms in total. The molecule has 0 bridgehead atoms. The molecule has 13 heavy (non-hydrogen) atoms. The summed E-state index contributed by atoms with van der Waals surface area (Å²) in [4.78, 5) is 0. The lowest BCUT2D eigenvalue weighted by molar-refractivity contribution is -0.135. The second-order valence-electron chi connectivity index (χ2n) is 2.90. The quantitative estimate of drug-likeness (QED) is 0.611. The van der Waals surface area contributed by atoms with Crippen molar-refractivity contribution in [3.8, 4) is 0 Å². The summed E-state index contributed by atoms with van der Waals surface area (Å²) in [5, 5.41) is 11.3. The van der Waals surface area contributed by atoms with Gasteiger partial charge < -0.3 is 10.4 Å². The number of hydrogen-bond acceptors (Lipinski definition) is 2. The number of aliphatic hydroxyl groups is 1. The van der Waals surface area contributed by atoms with E-state index in [2.05, 4.69) is 5.32 Å². The van der Waals surface area contributed by atoms with Gasteiger partial charge in [-0.1, -0.05) is 0 Å². The third-order valence-corrected chi connectivity index (χ3v) is 1.58. The first kappa shape index (κ1) is 12.7. The van der Waals surface area contributed by atoms with Crippen LogP contribution in [0.1, 0.15) is 25.7 Å². The maximum absolute atomic E-state index is 11.6. The largest absolute Gasteiger partial charge is 0.396 e. The Labute approximate surface area is 76.1 Å². The van der Waals surface area contributed by atoms with Gasteiger partial charge in [-0.25, -0.2) is 0 Å². The Morgan fingerprint density at radius 3 is 2.15 bits per heavy atom. The van der Waals surface area contributed by atoms with Gasteiger partial charge in [-0.2, -0.15) is 13.2 Å². The van der Waals surface area contributed by atoms with Crippen LogP contribution in [0.3, 0.4) is 0 Å². The molecule has 0 aromatic heterocycles. The second kappa shape index (κ2) is 7.15. The minimum absolute atomic E-state index is 0.128. The molecule has 0 saturated carbocycles. The Balaban J connectivity index is 3.00. The van der Waals surface area contributed by atoms with Crippen molar-refractivity contribution in [2.75, 3.05) is 19.7 Å². The van der Waals surface area contributed by atoms with E-state index in [1.54, 1.807) is 0 Å². The summed E-state index contributed by atoms with van der Waals surface area (Å²) in [6, 6.07) is 0. The summed E-state index contributed by atoms with van der Waals surface area (Å²) in [5.41, 5.74) is 0. The van der Waals surface area contributed by atoms with Crippen LogP contribution in [0.15, 0.2) is 0 Å². The minimum atomic E-state index is -4.03. The molecule has 2 N–H and O–H groups in total. The van der Waals surface area contributed by atoms with Crippen LogP contribution in [0.5, 0.6) is 0 Å². The molecule has 0 aliphatic rings. The van der Waals surface area contributed by atoms with E-state index in [1.807, 2.05) is 0 Å². The molecule has 0 heterocycles. The van der Waals surface area contributed by atoms with Gasteiger partial charge in [0.1, 0.15) is 0 Å². The minimum Gasteiger partial charge on any atom is -0.396 e. The molecule has 0 spiro atoms. The predicted molar refractivity (Wildman–Crippen MR) is 44.5 cm³/mol. The van der Waals surface area contributed by atoms with E-state index in [0.717, 1.165) is 6.42 Å². The highest BCUT2D eigenvalue weighted by atomic mass is 19.4. The molecule has 80 valence electrons. The first-order chi connectivity index (χ1) is 6.06. The zero-order chi connectivity index (χ0) is 10.2. The van der Waals surface area contributed by atoms with Crippen LogP contribution in [-0.2, 0) is 0 Å². The van der Waals surface area contributed by atoms with E-state index < -0.39 is 12.6 Å². The molecule has 0 aliphatic carbocycles. The first-order valence-corrected chi connectivity index (χ1v) is 4.44. The van der Waals surface area contributed by atoms with Crippen LogP contribution in [0.25, 0.3) is 0 Å². The fourth-order valence-electron chi connectivity index (χ4n) is 0.901. The molecule has 0 aromatic carbocycles. The average molecular weight is 199 g/mol. The van der Waals surface area contributed by atoms with Gasteiger partial charge in [0.2, 0.25) is 0 Å². The second-order valence-corrected chi connectivity index (χ2v) is 2.90. The Kier molecular flexibility index (Phi) is 6.99. The lowest BCUT2D eigenvalue weighted by Crippen LogP contribution is -2.19. The number of aliphatic hydroxyl groups excluding tert-OH is 1. The third kappa shape index (κ3) is 11.7. The molecule has 0 fully saturated rings. The van der Waals surface area contributed by atoms with E-state index >= 15 is 0 Å². The normalized spacial score (nSPS) is 12.0. The monoisotopic (exact) mass is 199 g/mol. The summed E-state index contributed by atoms with van der Waals surface area (Å²) in [6.07, 6.45) is -3.12. The number of hydrogen-bond donors (Lipinski definition) is 2. The summed E-state index contributed by atoms with van der Waals surface area (Å²) < 4.78 is 34.9. The van der Waals surface area contributed by atoms with E-state index in [1.165, 1.54) is 0 Å². The van der Waals surface area contributed by atoms with E-state index in [0.29, 0.717) is 19.5 Å². The van der Waals surface area contributed by atoms with E-state index in [9.17, 15) is 13.2 Å². The predicted octanol–water partition coefficient (Wildman–Crippen LogP) is 1.69. The third-order valence-electron chi connectivity index (χ3n) is 1.58. The Morgan fingerprint density at radius 1 is 1.00 bits per heavy atom. The summed E-state index contributed by atoms with van der Waals surface area (Å²) in [7, 11) is 0. The maximum Gasteiger partial charge on any atom is 0.389 e. The highest BCUT2D eigenvalue weighted by molar-refractivity contribution is 4.54. The van der Waals surface area contributed by atoms with Gasteiger partial charge in [-0.05, 0) is 32.4 Å². The van der Waals surface area contributed by atoms with Gasteiger partial charge in [0.25, 0.3) is 0 Å². The van der Waals surface area contributed by atoms with Crippen molar-refractivity contribution in [3.63, 3.8) is 0 Å². The first-order valence-electron chi connectivity index (χ1n) is 4.44. The standard InChI is InChI=1S/C8H16F3NO/c9-8(10,11)4-3-6-12-5-1-2-7-13/h12-13H,1-7H2. The van der Waals surface area contributed by atoms with Gasteiger partial charge in [-0.3, -0.25) is 0 Å². The average Bonchev–Trinajstić information content (AvgIpc) is 2.01. The van der Waals surface area contributed by atoms with Gasteiger partial charge in [-0.15, -0.1) is 0 Å². The summed E-state index contributed by atoms with van der Waals surface area (Å²) in [6.45, 7) is 1.22. The van der Waals surface area contributed by atoms with Crippen molar-refractivity contribution < 1.29 is 18.3 Å². The van der Waals surface area contributed by atoms with Crippen molar-refractivity contribution in [2.24, 2.45) is 0 Å². The molecule has 0 aromatic rings. The molecule has 0 atom stereocenters. The van der Waals surface area contributed by atoms with Crippen LogP contribution in [0.2, 0.25) is 0 Å². The molecule has 0 unspecified atom stereocenters. The Morgan fingerprint density at radius 2 is 1.62 bits per heavy atom. The number of nitrogens with one attached hydrogen (secondary N) is 1. The van der Waals surface area contributed by atoms with Crippen LogP contribution in [-0.4, -0.2) is 31.0 Å². The topological polar surface area (TPSA) is 32.3 Å². The lowest BCUT2D eigenvalue weighted by Gasteiger charge is -2.06. The number of halogens is 3. The molecular formula is C8H16F3NO. The molecule has 0 aliphatic heterocycles. The molecule has 0 amide bonds. The van der Waals surface area contributed by atoms with E-state index in [4.69, 9.17) is 5.11 Å². The SMILES string of the molecule is OCCCCNCCCC(F)(F)F. The Hall–Kier alpha value is -0.290. The molecular weight excluding hydrogens is 183 g/mol. The molecule has 0 rings (SSSR count). The smallest absolute Gasteiger partial charge is 0.389 e. The molecule has 0 saturated heterocycles. The Bertz CT molecular complexity index is 116. The van der Waals surface area contributed by atoms with Crippen molar-refractivity contribution >= 4 is 0 Å². The number of alkyl halides is 3. The van der Waals surface area contributed by atoms with Gasteiger partial charge >= 0.3 is 6.18 Å². The van der Waals surface area contributed by atoms with Crippen LogP contribution >= 0.6 is 0 Å². The fourth-order valence-corrected chi connectivity index (χ4v) is 0.901. The maximum atomic E-state index is 11.6. The fraction of sp³-hybridized carbons (Fsp3) is 1.00. The van der Waals surface area contributed by atoms with Crippen molar-refractivity contribution in [1.29, 1.82) is 0 Å². The molecule has 5 heteroatoms. The van der Waals surface area contributed by atoms with E-state index in [-0.39, 0.29) is 13.0 Å². The number of rotatable bonds is 7. The summed E-state index contributed by atoms with van der Waals surface area (Å²) in [5.74, 6) is 0. The zero-order valence-corrected chi connectivity index (χ0v) is 7.53. The van der Waals surface area contributed by atoms with Crippen molar-refractivity contribution in [2.45, 2.75) is 31.9 Å². The van der Waals surface area contributed by atoms with Crippen LogP contribution in [0.4, 0.5) is 13.2 Å². The van der Waals surface area contributed by atoms with Gasteiger partial charge in [0.15, 0.2) is 0 Å². The highest BCUT2D eigenvalue weighted by Crippen LogP contribution is 2.20. The van der Waals surface area contributed by atoms with Crippen molar-refractivity contribution in [1.82, 2.24) is 5.32 Å². The lowest BCUT2D eigenvalue weighted by atomic mass is 10.3. The van der Waals surface area contributed by atoms with Crippen molar-refractivity contribution in [3.05, 3.63) is 0 Å². The highest BCUT2D eigenvalue weighted by Gasteiger charge is 2.25. The summed E-state index contributed by atoms with van der Waals surface area (Å²) >= 11 is 0. The zero-order valence-electron chi connectivity index (χ0n) is 7.53. The van der Waals surface area contributed by atoms with Gasteiger partial charge in [0.05, 0.1) is 0 Å². The number of unbranched alkanes of at least 4 members (excludes halogenated alkanes) is 1. The van der Waals surface area contributed by atoms with Gasteiger partial charge in [0, 0.05) is 13.0 Å².